The first-order valence-electron chi connectivity index (χ1n) is 9.58. The lowest BCUT2D eigenvalue weighted by Gasteiger charge is -2.11. The van der Waals surface area contributed by atoms with Crippen molar-refractivity contribution in [3.63, 3.8) is 0 Å². The standard InChI is InChI=1S/C24H17N3O4S/c1-17-8-7-9-18(14-17)31-23-21(24(28)27-13-6-5-12-22(27)26-23)15-20(16-25)32(29,30)19-10-3-2-4-11-19/h2-15H,1H3/b20-15+. The van der Waals surface area contributed by atoms with Gasteiger partial charge in [0.05, 0.1) is 4.90 Å². The Hall–Kier alpha value is -4.22. The summed E-state index contributed by atoms with van der Waals surface area (Å²) in [5.74, 6) is 0.332. The van der Waals surface area contributed by atoms with E-state index in [9.17, 15) is 18.5 Å². The van der Waals surface area contributed by atoms with Crippen molar-refractivity contribution in [3.05, 3.63) is 105 Å². The number of ether oxygens (including phenoxy) is 1. The van der Waals surface area contributed by atoms with E-state index in [-0.39, 0.29) is 16.3 Å². The highest BCUT2D eigenvalue weighted by Crippen LogP contribution is 2.27. The van der Waals surface area contributed by atoms with Crippen molar-refractivity contribution in [3.8, 4) is 17.7 Å². The lowest BCUT2D eigenvalue weighted by Crippen LogP contribution is -2.19. The molecular formula is C24H17N3O4S. The number of pyridine rings is 1. The molecule has 7 nitrogen and oxygen atoms in total. The van der Waals surface area contributed by atoms with Crippen molar-refractivity contribution in [1.29, 1.82) is 5.26 Å². The Morgan fingerprint density at radius 2 is 1.81 bits per heavy atom. The fraction of sp³-hybridized carbons (Fsp3) is 0.0417. The molecule has 2 aromatic heterocycles. The summed E-state index contributed by atoms with van der Waals surface area (Å²) in [6, 6.07) is 21.4. The van der Waals surface area contributed by atoms with Crippen LogP contribution in [-0.4, -0.2) is 17.8 Å². The molecule has 0 aliphatic carbocycles. The fourth-order valence-electron chi connectivity index (χ4n) is 3.10. The van der Waals surface area contributed by atoms with Gasteiger partial charge in [-0.05, 0) is 55.0 Å². The van der Waals surface area contributed by atoms with E-state index in [2.05, 4.69) is 4.98 Å². The van der Waals surface area contributed by atoms with Crippen LogP contribution < -0.4 is 10.3 Å². The summed E-state index contributed by atoms with van der Waals surface area (Å²) in [7, 11) is -4.15. The number of benzene rings is 2. The van der Waals surface area contributed by atoms with Crippen molar-refractivity contribution in [2.75, 3.05) is 0 Å². The molecule has 158 valence electrons. The lowest BCUT2D eigenvalue weighted by molar-refractivity contribution is 0.460. The molecule has 0 atom stereocenters. The number of aromatic nitrogens is 2. The number of nitrogens with zero attached hydrogens (tertiary/aromatic N) is 3. The second kappa shape index (κ2) is 8.49. The van der Waals surface area contributed by atoms with Crippen LogP contribution in [0.3, 0.4) is 0 Å². The van der Waals surface area contributed by atoms with Gasteiger partial charge in [-0.15, -0.1) is 0 Å². The highest BCUT2D eigenvalue weighted by molar-refractivity contribution is 7.95. The monoisotopic (exact) mass is 443 g/mol. The maximum absolute atomic E-state index is 13.2. The summed E-state index contributed by atoms with van der Waals surface area (Å²) in [5, 5.41) is 9.64. The molecule has 32 heavy (non-hydrogen) atoms. The van der Waals surface area contributed by atoms with Gasteiger partial charge in [-0.1, -0.05) is 36.4 Å². The highest BCUT2D eigenvalue weighted by atomic mass is 32.2. The number of fused-ring (bicyclic) bond motifs is 1. The predicted octanol–water partition coefficient (Wildman–Crippen LogP) is 4.13. The minimum absolute atomic E-state index is 0.0530. The minimum atomic E-state index is -4.15. The van der Waals surface area contributed by atoms with Crippen LogP contribution in [-0.2, 0) is 9.84 Å². The van der Waals surface area contributed by atoms with E-state index in [0.29, 0.717) is 11.4 Å². The van der Waals surface area contributed by atoms with E-state index in [1.165, 1.54) is 22.7 Å². The van der Waals surface area contributed by atoms with Gasteiger partial charge in [-0.25, -0.2) is 8.42 Å². The Labute approximate surface area is 184 Å². The molecule has 0 fully saturated rings. The number of hydrogen-bond donors (Lipinski definition) is 0. The first-order chi connectivity index (χ1) is 15.4. The Morgan fingerprint density at radius 3 is 2.53 bits per heavy atom. The summed E-state index contributed by atoms with van der Waals surface area (Å²) in [6.45, 7) is 1.89. The van der Waals surface area contributed by atoms with E-state index >= 15 is 0 Å². The maximum Gasteiger partial charge on any atom is 0.269 e. The van der Waals surface area contributed by atoms with Crippen LogP contribution in [0.15, 0.2) is 93.6 Å². The van der Waals surface area contributed by atoms with E-state index in [1.807, 2.05) is 13.0 Å². The zero-order valence-corrected chi connectivity index (χ0v) is 17.8. The molecule has 4 aromatic rings. The average Bonchev–Trinajstić information content (AvgIpc) is 2.79. The number of hydrogen-bond acceptors (Lipinski definition) is 6. The van der Waals surface area contributed by atoms with Crippen LogP contribution in [0, 0.1) is 18.3 Å². The summed E-state index contributed by atoms with van der Waals surface area (Å²) < 4.78 is 33.1. The number of allylic oxidation sites excluding steroid dienone is 1. The van der Waals surface area contributed by atoms with Gasteiger partial charge >= 0.3 is 0 Å². The van der Waals surface area contributed by atoms with Crippen LogP contribution in [0.2, 0.25) is 0 Å². The van der Waals surface area contributed by atoms with Crippen LogP contribution in [0.5, 0.6) is 11.6 Å². The molecule has 0 spiro atoms. The zero-order chi connectivity index (χ0) is 22.7. The van der Waals surface area contributed by atoms with Crippen LogP contribution in [0.25, 0.3) is 11.7 Å². The molecule has 4 rings (SSSR count). The van der Waals surface area contributed by atoms with Gasteiger partial charge in [0.15, 0.2) is 0 Å². The molecule has 0 aliphatic rings. The van der Waals surface area contributed by atoms with Crippen LogP contribution in [0.4, 0.5) is 0 Å². The molecule has 0 aliphatic heterocycles. The third-order valence-corrected chi connectivity index (χ3v) is 6.35. The van der Waals surface area contributed by atoms with Crippen molar-refractivity contribution in [2.45, 2.75) is 11.8 Å². The van der Waals surface area contributed by atoms with E-state index < -0.39 is 20.3 Å². The van der Waals surface area contributed by atoms with E-state index in [0.717, 1.165) is 11.6 Å². The second-order valence-corrected chi connectivity index (χ2v) is 8.84. The SMILES string of the molecule is Cc1cccc(Oc2nc3ccccn3c(=O)c2/C=C(\C#N)S(=O)(=O)c2ccccc2)c1. The largest absolute Gasteiger partial charge is 0.438 e. The first kappa shape index (κ1) is 21.0. The molecule has 0 radical (unpaired) electrons. The second-order valence-electron chi connectivity index (χ2n) is 6.92. The Balaban J connectivity index is 1.95. The number of sulfone groups is 1. The van der Waals surface area contributed by atoms with E-state index in [4.69, 9.17) is 4.74 Å². The van der Waals surface area contributed by atoms with Gasteiger partial charge in [0.2, 0.25) is 15.7 Å². The molecule has 0 bridgehead atoms. The van der Waals surface area contributed by atoms with Gasteiger partial charge < -0.3 is 4.74 Å². The minimum Gasteiger partial charge on any atom is -0.438 e. The Bertz CT molecular complexity index is 1550. The third-order valence-electron chi connectivity index (χ3n) is 4.67. The van der Waals surface area contributed by atoms with Gasteiger partial charge in [0.1, 0.15) is 27.9 Å². The highest BCUT2D eigenvalue weighted by Gasteiger charge is 2.23. The number of aryl methyl sites for hydroxylation is 1. The van der Waals surface area contributed by atoms with Gasteiger partial charge in [-0.2, -0.15) is 10.2 Å². The lowest BCUT2D eigenvalue weighted by atomic mass is 10.2. The van der Waals surface area contributed by atoms with Crippen LogP contribution in [0.1, 0.15) is 11.1 Å². The fourth-order valence-corrected chi connectivity index (χ4v) is 4.26. The zero-order valence-electron chi connectivity index (χ0n) is 17.0. The average molecular weight is 443 g/mol. The first-order valence-corrected chi connectivity index (χ1v) is 11.1. The van der Waals surface area contributed by atoms with Crippen molar-refractivity contribution >= 4 is 21.6 Å². The topological polar surface area (TPSA) is 102 Å². The number of rotatable bonds is 5. The Kier molecular flexibility index (Phi) is 5.58. The predicted molar refractivity (Wildman–Crippen MR) is 120 cm³/mol. The van der Waals surface area contributed by atoms with Crippen LogP contribution >= 0.6 is 0 Å². The van der Waals surface area contributed by atoms with Gasteiger partial charge in [0.25, 0.3) is 5.56 Å². The van der Waals surface area contributed by atoms with Crippen molar-refractivity contribution in [2.24, 2.45) is 0 Å². The molecular weight excluding hydrogens is 426 g/mol. The maximum atomic E-state index is 13.2. The normalized spacial score (nSPS) is 11.8. The van der Waals surface area contributed by atoms with Gasteiger partial charge in [0, 0.05) is 6.20 Å². The molecule has 2 aromatic carbocycles. The summed E-state index contributed by atoms with van der Waals surface area (Å²) in [6.07, 6.45) is 2.53. The smallest absolute Gasteiger partial charge is 0.269 e. The van der Waals surface area contributed by atoms with E-state index in [1.54, 1.807) is 60.7 Å². The van der Waals surface area contributed by atoms with Crippen molar-refractivity contribution in [1.82, 2.24) is 9.38 Å². The molecule has 0 amide bonds. The van der Waals surface area contributed by atoms with Gasteiger partial charge in [-0.3, -0.25) is 9.20 Å². The number of nitriles is 1. The molecule has 8 heteroatoms. The third kappa shape index (κ3) is 4.02. The molecule has 0 saturated heterocycles. The summed E-state index contributed by atoms with van der Waals surface area (Å²) >= 11 is 0. The Morgan fingerprint density at radius 1 is 1.06 bits per heavy atom. The summed E-state index contributed by atoms with van der Waals surface area (Å²) in [4.78, 5) is 17.0. The molecule has 0 N–H and O–H groups in total. The van der Waals surface area contributed by atoms with Crippen molar-refractivity contribution < 1.29 is 13.2 Å². The molecule has 0 saturated carbocycles. The molecule has 0 unspecified atom stereocenters. The summed E-state index contributed by atoms with van der Waals surface area (Å²) in [5.41, 5.74) is 0.545. The molecule has 2 heterocycles. The quantitative estimate of drug-likeness (QED) is 0.430.